The van der Waals surface area contributed by atoms with E-state index in [9.17, 15) is 18.0 Å². The summed E-state index contributed by atoms with van der Waals surface area (Å²) in [5.41, 5.74) is 1.90. The van der Waals surface area contributed by atoms with Crippen molar-refractivity contribution in [1.82, 2.24) is 4.98 Å². The van der Waals surface area contributed by atoms with Crippen molar-refractivity contribution >= 4 is 43.8 Å². The van der Waals surface area contributed by atoms with Crippen LogP contribution in [0.2, 0.25) is 0 Å². The highest BCUT2D eigenvalue weighted by Gasteiger charge is 2.31. The van der Waals surface area contributed by atoms with Gasteiger partial charge in [0.15, 0.2) is 15.0 Å². The minimum Gasteiger partial charge on any atom is -0.495 e. The van der Waals surface area contributed by atoms with Crippen LogP contribution in [0.3, 0.4) is 0 Å². The SMILES string of the molecule is COc1ccccc1NC(=O)CS(=O)(=O)C(C)C(=O)Nc1nc(-c2ccccc2)cs1. The van der Waals surface area contributed by atoms with Gasteiger partial charge in [0.25, 0.3) is 0 Å². The molecule has 1 atom stereocenters. The molecule has 162 valence electrons. The van der Waals surface area contributed by atoms with E-state index in [1.54, 1.807) is 29.6 Å². The van der Waals surface area contributed by atoms with Crippen molar-refractivity contribution in [2.24, 2.45) is 0 Å². The number of carbonyl (C=O) groups is 2. The average Bonchev–Trinajstić information content (AvgIpc) is 3.22. The third kappa shape index (κ3) is 5.68. The van der Waals surface area contributed by atoms with E-state index in [1.807, 2.05) is 30.3 Å². The lowest BCUT2D eigenvalue weighted by Gasteiger charge is -2.13. The first-order valence-electron chi connectivity index (χ1n) is 9.26. The van der Waals surface area contributed by atoms with Crippen molar-refractivity contribution in [2.45, 2.75) is 12.2 Å². The van der Waals surface area contributed by atoms with E-state index in [1.165, 1.54) is 25.4 Å². The molecule has 1 unspecified atom stereocenters. The van der Waals surface area contributed by atoms with Crippen LogP contribution in [0, 0.1) is 0 Å². The van der Waals surface area contributed by atoms with Gasteiger partial charge >= 0.3 is 0 Å². The van der Waals surface area contributed by atoms with Crippen LogP contribution in [0.4, 0.5) is 10.8 Å². The Balaban J connectivity index is 1.63. The number of sulfone groups is 1. The van der Waals surface area contributed by atoms with Crippen LogP contribution in [0.15, 0.2) is 60.0 Å². The molecule has 0 spiro atoms. The molecule has 0 radical (unpaired) electrons. The van der Waals surface area contributed by atoms with E-state index < -0.39 is 32.7 Å². The number of hydrogen-bond acceptors (Lipinski definition) is 7. The molecule has 10 heteroatoms. The van der Waals surface area contributed by atoms with Gasteiger partial charge in [-0.15, -0.1) is 11.3 Å². The zero-order chi connectivity index (χ0) is 22.4. The number of benzene rings is 2. The highest BCUT2D eigenvalue weighted by atomic mass is 32.2. The van der Waals surface area contributed by atoms with Crippen LogP contribution >= 0.6 is 11.3 Å². The first kappa shape index (κ1) is 22.4. The highest BCUT2D eigenvalue weighted by molar-refractivity contribution is 7.93. The molecule has 0 aliphatic rings. The third-order valence-electron chi connectivity index (χ3n) is 4.43. The van der Waals surface area contributed by atoms with Crippen molar-refractivity contribution in [1.29, 1.82) is 0 Å². The molecule has 0 bridgehead atoms. The molecule has 8 nitrogen and oxygen atoms in total. The molecule has 3 rings (SSSR count). The van der Waals surface area contributed by atoms with Gasteiger partial charge in [-0.2, -0.15) is 0 Å². The number of nitrogens with one attached hydrogen (secondary N) is 2. The third-order valence-corrected chi connectivity index (χ3v) is 7.14. The number of carbonyl (C=O) groups excluding carboxylic acids is 2. The van der Waals surface area contributed by atoms with E-state index in [2.05, 4.69) is 15.6 Å². The quantitative estimate of drug-likeness (QED) is 0.535. The van der Waals surface area contributed by atoms with E-state index in [4.69, 9.17) is 4.74 Å². The van der Waals surface area contributed by atoms with Crippen LogP contribution in [0.1, 0.15) is 6.92 Å². The van der Waals surface area contributed by atoms with Crippen molar-refractivity contribution in [3.63, 3.8) is 0 Å². The lowest BCUT2D eigenvalue weighted by atomic mass is 10.2. The Morgan fingerprint density at radius 3 is 2.45 bits per heavy atom. The van der Waals surface area contributed by atoms with Crippen LogP contribution in [-0.4, -0.2) is 43.3 Å². The largest absolute Gasteiger partial charge is 0.495 e. The molecule has 0 saturated heterocycles. The zero-order valence-electron chi connectivity index (χ0n) is 16.9. The lowest BCUT2D eigenvalue weighted by molar-refractivity contribution is -0.115. The van der Waals surface area contributed by atoms with E-state index in [-0.39, 0.29) is 5.13 Å². The normalized spacial score (nSPS) is 12.1. The fourth-order valence-electron chi connectivity index (χ4n) is 2.68. The Kier molecular flexibility index (Phi) is 7.03. The second-order valence-corrected chi connectivity index (χ2v) is 9.77. The summed E-state index contributed by atoms with van der Waals surface area (Å²) in [5, 5.41) is 5.63. The maximum Gasteiger partial charge on any atom is 0.244 e. The minimum atomic E-state index is -4.05. The van der Waals surface area contributed by atoms with Crippen LogP contribution in [0.25, 0.3) is 11.3 Å². The Labute approximate surface area is 184 Å². The lowest BCUT2D eigenvalue weighted by Crippen LogP contribution is -2.37. The molecule has 0 aliphatic carbocycles. The topological polar surface area (TPSA) is 114 Å². The summed E-state index contributed by atoms with van der Waals surface area (Å²) < 4.78 is 30.3. The Hall–Kier alpha value is -3.24. The molecule has 31 heavy (non-hydrogen) atoms. The maximum atomic E-state index is 12.6. The highest BCUT2D eigenvalue weighted by Crippen LogP contribution is 2.25. The van der Waals surface area contributed by atoms with E-state index >= 15 is 0 Å². The second-order valence-electron chi connectivity index (χ2n) is 6.59. The number of para-hydroxylation sites is 2. The molecule has 2 N–H and O–H groups in total. The first-order valence-corrected chi connectivity index (χ1v) is 11.9. The maximum absolute atomic E-state index is 12.6. The van der Waals surface area contributed by atoms with Crippen LogP contribution in [-0.2, 0) is 19.4 Å². The molecule has 0 saturated carbocycles. The molecule has 3 aromatic rings. The first-order chi connectivity index (χ1) is 14.8. The monoisotopic (exact) mass is 459 g/mol. The molecule has 1 heterocycles. The number of ether oxygens (including phenoxy) is 1. The number of rotatable bonds is 8. The van der Waals surface area contributed by atoms with Crippen LogP contribution < -0.4 is 15.4 Å². The van der Waals surface area contributed by atoms with Gasteiger partial charge in [0.2, 0.25) is 11.8 Å². The van der Waals surface area contributed by atoms with Crippen LogP contribution in [0.5, 0.6) is 5.75 Å². The summed E-state index contributed by atoms with van der Waals surface area (Å²) in [6, 6.07) is 16.0. The number of thiazole rings is 1. The van der Waals surface area contributed by atoms with Crippen molar-refractivity contribution in [2.75, 3.05) is 23.5 Å². The Bertz CT molecular complexity index is 1180. The molecule has 1 aromatic heterocycles. The number of methoxy groups -OCH3 is 1. The summed E-state index contributed by atoms with van der Waals surface area (Å²) >= 11 is 1.19. The zero-order valence-corrected chi connectivity index (χ0v) is 18.5. The van der Waals surface area contributed by atoms with Gasteiger partial charge < -0.3 is 15.4 Å². The minimum absolute atomic E-state index is 0.282. The average molecular weight is 460 g/mol. The van der Waals surface area contributed by atoms with Gasteiger partial charge in [0.05, 0.1) is 18.5 Å². The van der Waals surface area contributed by atoms with Gasteiger partial charge in [-0.1, -0.05) is 42.5 Å². The van der Waals surface area contributed by atoms with Crippen molar-refractivity contribution in [3.05, 3.63) is 60.0 Å². The number of amides is 2. The molecular formula is C21H21N3O5S2. The molecule has 0 aliphatic heterocycles. The smallest absolute Gasteiger partial charge is 0.244 e. The molecular weight excluding hydrogens is 438 g/mol. The number of hydrogen-bond donors (Lipinski definition) is 2. The van der Waals surface area contributed by atoms with Gasteiger partial charge in [0, 0.05) is 10.9 Å². The fourth-order valence-corrected chi connectivity index (χ4v) is 4.48. The predicted octanol–water partition coefficient (Wildman–Crippen LogP) is 3.20. The van der Waals surface area contributed by atoms with Gasteiger partial charge in [-0.3, -0.25) is 9.59 Å². The summed E-state index contributed by atoms with van der Waals surface area (Å²) in [6.45, 7) is 1.24. The fraction of sp³-hybridized carbons (Fsp3) is 0.190. The molecule has 0 fully saturated rings. The number of aromatic nitrogens is 1. The standard InChI is InChI=1S/C21H21N3O5S2/c1-14(20(26)24-21-23-17(12-30-21)15-8-4-3-5-9-15)31(27,28)13-19(25)22-16-10-6-7-11-18(16)29-2/h3-12,14H,13H2,1-2H3,(H,22,25)(H,23,24,26). The van der Waals surface area contributed by atoms with Gasteiger partial charge in [-0.05, 0) is 19.1 Å². The Morgan fingerprint density at radius 1 is 1.06 bits per heavy atom. The summed E-state index contributed by atoms with van der Waals surface area (Å²) in [4.78, 5) is 29.0. The number of nitrogens with zero attached hydrogens (tertiary/aromatic N) is 1. The summed E-state index contributed by atoms with van der Waals surface area (Å²) in [7, 11) is -2.61. The van der Waals surface area contributed by atoms with Gasteiger partial charge in [-0.25, -0.2) is 13.4 Å². The number of anilines is 2. The van der Waals surface area contributed by atoms with Crippen molar-refractivity contribution < 1.29 is 22.7 Å². The van der Waals surface area contributed by atoms with E-state index in [0.717, 1.165) is 5.56 Å². The van der Waals surface area contributed by atoms with Gasteiger partial charge in [0.1, 0.15) is 16.8 Å². The summed E-state index contributed by atoms with van der Waals surface area (Å²) in [6.07, 6.45) is 0. The Morgan fingerprint density at radius 2 is 1.74 bits per heavy atom. The second kappa shape index (κ2) is 9.71. The molecule has 2 amide bonds. The summed E-state index contributed by atoms with van der Waals surface area (Å²) in [5.74, 6) is -1.95. The predicted molar refractivity (Wildman–Crippen MR) is 121 cm³/mol. The van der Waals surface area contributed by atoms with Crippen molar-refractivity contribution in [3.8, 4) is 17.0 Å². The molecule has 2 aromatic carbocycles. The van der Waals surface area contributed by atoms with E-state index in [0.29, 0.717) is 17.1 Å².